The van der Waals surface area contributed by atoms with E-state index in [-0.39, 0.29) is 5.56 Å². The molecule has 98 valence electrons. The quantitative estimate of drug-likeness (QED) is 0.842. The van der Waals surface area contributed by atoms with Crippen LogP contribution >= 0.6 is 0 Å². The SMILES string of the molecule is C[C@H]1[C@H](Nc2cn[nH]c(=O)c2)C[C@H]2C[C@@H]1C2(C)C. The molecule has 3 fully saturated rings. The number of nitrogens with zero attached hydrogens (tertiary/aromatic N) is 1. The maximum atomic E-state index is 11.2. The molecule has 0 aliphatic heterocycles. The lowest BCUT2D eigenvalue weighted by atomic mass is 9.45. The van der Waals surface area contributed by atoms with Crippen molar-refractivity contribution in [1.29, 1.82) is 0 Å². The fourth-order valence-electron chi connectivity index (χ4n) is 4.01. The Morgan fingerprint density at radius 2 is 2.22 bits per heavy atom. The van der Waals surface area contributed by atoms with E-state index in [1.807, 2.05) is 0 Å². The second-order valence-corrected chi connectivity index (χ2v) is 6.54. The van der Waals surface area contributed by atoms with Crippen LogP contribution in [0.15, 0.2) is 17.1 Å². The van der Waals surface area contributed by atoms with Crippen LogP contribution in [0.4, 0.5) is 5.69 Å². The Hall–Kier alpha value is -1.32. The summed E-state index contributed by atoms with van der Waals surface area (Å²) in [5.41, 5.74) is 1.20. The van der Waals surface area contributed by atoms with Crippen molar-refractivity contribution in [2.24, 2.45) is 23.2 Å². The van der Waals surface area contributed by atoms with Crippen LogP contribution in [0.5, 0.6) is 0 Å². The lowest BCUT2D eigenvalue weighted by Crippen LogP contribution is -2.58. The van der Waals surface area contributed by atoms with E-state index in [0.29, 0.717) is 17.4 Å². The predicted molar refractivity (Wildman–Crippen MR) is 71.4 cm³/mol. The zero-order valence-electron chi connectivity index (χ0n) is 11.2. The minimum absolute atomic E-state index is 0.144. The summed E-state index contributed by atoms with van der Waals surface area (Å²) < 4.78 is 0. The van der Waals surface area contributed by atoms with E-state index in [1.165, 1.54) is 12.8 Å². The van der Waals surface area contributed by atoms with Gasteiger partial charge in [0.25, 0.3) is 5.56 Å². The Morgan fingerprint density at radius 3 is 2.83 bits per heavy atom. The van der Waals surface area contributed by atoms with E-state index in [2.05, 4.69) is 36.3 Å². The lowest BCUT2D eigenvalue weighted by molar-refractivity contribution is -0.105. The zero-order chi connectivity index (χ0) is 12.9. The molecule has 1 aromatic rings. The van der Waals surface area contributed by atoms with Gasteiger partial charge in [-0.25, -0.2) is 5.10 Å². The summed E-state index contributed by atoms with van der Waals surface area (Å²) >= 11 is 0. The van der Waals surface area contributed by atoms with Crippen molar-refractivity contribution in [2.45, 2.75) is 39.7 Å². The molecule has 0 unspecified atom stereocenters. The van der Waals surface area contributed by atoms with Gasteiger partial charge in [-0.1, -0.05) is 20.8 Å². The maximum Gasteiger partial charge on any atom is 0.266 e. The highest BCUT2D eigenvalue weighted by molar-refractivity contribution is 5.40. The number of fused-ring (bicyclic) bond motifs is 2. The number of anilines is 1. The summed E-state index contributed by atoms with van der Waals surface area (Å²) in [5.74, 6) is 2.29. The van der Waals surface area contributed by atoms with Gasteiger partial charge in [-0.3, -0.25) is 4.79 Å². The Kier molecular flexibility index (Phi) is 2.50. The van der Waals surface area contributed by atoms with Crippen LogP contribution in [-0.2, 0) is 0 Å². The first kappa shape index (κ1) is 11.8. The van der Waals surface area contributed by atoms with Crippen LogP contribution in [0, 0.1) is 23.2 Å². The molecule has 18 heavy (non-hydrogen) atoms. The highest BCUT2D eigenvalue weighted by Crippen LogP contribution is 2.61. The van der Waals surface area contributed by atoms with Crippen LogP contribution in [0.3, 0.4) is 0 Å². The molecule has 3 aliphatic carbocycles. The van der Waals surface area contributed by atoms with Gasteiger partial charge in [0.15, 0.2) is 0 Å². The number of rotatable bonds is 2. The maximum absolute atomic E-state index is 11.2. The molecule has 0 amide bonds. The number of hydrogen-bond donors (Lipinski definition) is 2. The van der Waals surface area contributed by atoms with E-state index >= 15 is 0 Å². The van der Waals surface area contributed by atoms with Gasteiger partial charge in [-0.05, 0) is 36.0 Å². The summed E-state index contributed by atoms with van der Waals surface area (Å²) in [4.78, 5) is 11.2. The predicted octanol–water partition coefficient (Wildman–Crippen LogP) is 2.25. The fraction of sp³-hybridized carbons (Fsp3) is 0.714. The fourth-order valence-corrected chi connectivity index (χ4v) is 4.01. The van der Waals surface area contributed by atoms with Gasteiger partial charge >= 0.3 is 0 Å². The van der Waals surface area contributed by atoms with Crippen LogP contribution < -0.4 is 10.9 Å². The van der Waals surface area contributed by atoms with E-state index in [1.54, 1.807) is 12.3 Å². The van der Waals surface area contributed by atoms with Crippen LogP contribution in [0.1, 0.15) is 33.6 Å². The topological polar surface area (TPSA) is 57.8 Å². The summed E-state index contributed by atoms with van der Waals surface area (Å²) in [6, 6.07) is 2.07. The van der Waals surface area contributed by atoms with Gasteiger partial charge in [-0.2, -0.15) is 5.10 Å². The molecule has 3 saturated carbocycles. The molecule has 0 spiro atoms. The molecule has 2 N–H and O–H groups in total. The van der Waals surface area contributed by atoms with Crippen LogP contribution in [0.2, 0.25) is 0 Å². The van der Waals surface area contributed by atoms with Crippen molar-refractivity contribution in [1.82, 2.24) is 10.2 Å². The third kappa shape index (κ3) is 1.66. The second-order valence-electron chi connectivity index (χ2n) is 6.54. The monoisotopic (exact) mass is 247 g/mol. The first-order valence-corrected chi connectivity index (χ1v) is 6.79. The summed E-state index contributed by atoms with van der Waals surface area (Å²) in [6.07, 6.45) is 4.27. The summed E-state index contributed by atoms with van der Waals surface area (Å²) in [6.45, 7) is 7.13. The number of aromatic nitrogens is 2. The second kappa shape index (κ2) is 3.84. The highest BCUT2D eigenvalue weighted by Gasteiger charge is 2.56. The van der Waals surface area contributed by atoms with Crippen molar-refractivity contribution in [3.05, 3.63) is 22.6 Å². The molecule has 2 bridgehead atoms. The zero-order valence-corrected chi connectivity index (χ0v) is 11.2. The molecule has 4 rings (SSSR count). The molecule has 1 aromatic heterocycles. The smallest absolute Gasteiger partial charge is 0.266 e. The molecule has 1 heterocycles. The van der Waals surface area contributed by atoms with Gasteiger partial charge < -0.3 is 5.32 Å². The Morgan fingerprint density at radius 1 is 1.44 bits per heavy atom. The van der Waals surface area contributed by atoms with E-state index in [9.17, 15) is 4.79 Å². The standard InChI is InChI=1S/C14H21N3O/c1-8-11-4-9(14(11,2)3)5-12(8)16-10-6-13(18)17-15-7-10/h6-9,11-12H,4-5H2,1-3H3,(H2,16,17,18)/t8-,9-,11+,12-/m1/s1. The molecular weight excluding hydrogens is 226 g/mol. The number of H-pyrrole nitrogens is 1. The van der Waals surface area contributed by atoms with Crippen molar-refractivity contribution >= 4 is 5.69 Å². The van der Waals surface area contributed by atoms with Gasteiger partial charge in [0.2, 0.25) is 0 Å². The highest BCUT2D eigenvalue weighted by atomic mass is 16.1. The first-order valence-electron chi connectivity index (χ1n) is 6.79. The number of hydrogen-bond acceptors (Lipinski definition) is 3. The van der Waals surface area contributed by atoms with E-state index in [0.717, 1.165) is 17.5 Å². The van der Waals surface area contributed by atoms with Crippen molar-refractivity contribution in [3.8, 4) is 0 Å². The average Bonchev–Trinajstić information content (AvgIpc) is 2.31. The Balaban J connectivity index is 1.74. The molecule has 0 saturated heterocycles. The lowest BCUT2D eigenvalue weighted by Gasteiger charge is -2.62. The average molecular weight is 247 g/mol. The number of nitrogens with one attached hydrogen (secondary N) is 2. The third-order valence-electron chi connectivity index (χ3n) is 5.37. The molecule has 3 aliphatic rings. The molecule has 0 aromatic carbocycles. The van der Waals surface area contributed by atoms with Gasteiger partial charge in [0.05, 0.1) is 11.9 Å². The summed E-state index contributed by atoms with van der Waals surface area (Å²) in [7, 11) is 0. The van der Waals surface area contributed by atoms with Crippen LogP contribution in [0.25, 0.3) is 0 Å². The first-order chi connectivity index (χ1) is 8.48. The van der Waals surface area contributed by atoms with Crippen LogP contribution in [-0.4, -0.2) is 16.2 Å². The minimum Gasteiger partial charge on any atom is -0.381 e. The van der Waals surface area contributed by atoms with E-state index in [4.69, 9.17) is 0 Å². The van der Waals surface area contributed by atoms with E-state index < -0.39 is 0 Å². The largest absolute Gasteiger partial charge is 0.381 e. The van der Waals surface area contributed by atoms with Crippen molar-refractivity contribution in [2.75, 3.05) is 5.32 Å². The molecule has 4 nitrogen and oxygen atoms in total. The molecular formula is C14H21N3O. The third-order valence-corrected chi connectivity index (χ3v) is 5.37. The normalized spacial score (nSPS) is 36.8. The summed E-state index contributed by atoms with van der Waals surface area (Å²) in [5, 5.41) is 9.73. The molecule has 0 radical (unpaired) electrons. The van der Waals surface area contributed by atoms with Crippen molar-refractivity contribution in [3.63, 3.8) is 0 Å². The van der Waals surface area contributed by atoms with Crippen molar-refractivity contribution < 1.29 is 0 Å². The Bertz CT molecular complexity index is 508. The minimum atomic E-state index is -0.144. The van der Waals surface area contributed by atoms with Gasteiger partial charge in [0, 0.05) is 12.1 Å². The Labute approximate surface area is 107 Å². The molecule has 4 atom stereocenters. The number of aromatic amines is 1. The molecule has 4 heteroatoms. The van der Waals surface area contributed by atoms with Gasteiger partial charge in [-0.15, -0.1) is 0 Å². The van der Waals surface area contributed by atoms with Gasteiger partial charge in [0.1, 0.15) is 0 Å².